The Labute approximate surface area is 141 Å². The van der Waals surface area contributed by atoms with Gasteiger partial charge in [0.05, 0.1) is 26.7 Å². The topological polar surface area (TPSA) is 77.1 Å². The Hall–Kier alpha value is -2.44. The first-order valence-corrected chi connectivity index (χ1v) is 8.01. The number of amides is 2. The molecule has 1 aliphatic heterocycles. The number of ether oxygens (including phenoxy) is 3. The van der Waals surface area contributed by atoms with Crippen LogP contribution in [0.5, 0.6) is 11.5 Å². The van der Waals surface area contributed by atoms with Gasteiger partial charge < -0.3 is 24.4 Å². The van der Waals surface area contributed by atoms with Crippen LogP contribution in [-0.2, 0) is 9.53 Å². The molecule has 0 saturated carbocycles. The number of urea groups is 1. The fourth-order valence-electron chi connectivity index (χ4n) is 2.60. The SMILES string of the molecule is COC(=O)C1CCN(C(=O)NCCOc2ccc(OC)cc2)CC1. The van der Waals surface area contributed by atoms with Crippen molar-refractivity contribution in [3.63, 3.8) is 0 Å². The van der Waals surface area contributed by atoms with Gasteiger partial charge in [0, 0.05) is 13.1 Å². The molecule has 1 aromatic rings. The number of nitrogens with zero attached hydrogens (tertiary/aromatic N) is 1. The molecule has 1 fully saturated rings. The van der Waals surface area contributed by atoms with E-state index in [4.69, 9.17) is 14.2 Å². The molecule has 2 amide bonds. The van der Waals surface area contributed by atoms with Crippen LogP contribution < -0.4 is 14.8 Å². The maximum absolute atomic E-state index is 12.1. The van der Waals surface area contributed by atoms with Gasteiger partial charge >= 0.3 is 12.0 Å². The maximum Gasteiger partial charge on any atom is 0.317 e. The molecule has 7 nitrogen and oxygen atoms in total. The number of methoxy groups -OCH3 is 2. The molecule has 0 radical (unpaired) electrons. The summed E-state index contributed by atoms with van der Waals surface area (Å²) < 4.78 is 15.4. The van der Waals surface area contributed by atoms with Crippen LogP contribution in [-0.4, -0.2) is 57.4 Å². The normalized spacial score (nSPS) is 14.8. The van der Waals surface area contributed by atoms with E-state index in [9.17, 15) is 9.59 Å². The van der Waals surface area contributed by atoms with Crippen molar-refractivity contribution in [3.05, 3.63) is 24.3 Å². The summed E-state index contributed by atoms with van der Waals surface area (Å²) in [7, 11) is 3.00. The molecular formula is C17H24N2O5. The zero-order valence-electron chi connectivity index (χ0n) is 14.1. The average molecular weight is 336 g/mol. The van der Waals surface area contributed by atoms with Crippen molar-refractivity contribution < 1.29 is 23.8 Å². The van der Waals surface area contributed by atoms with Gasteiger partial charge in [-0.25, -0.2) is 4.79 Å². The Morgan fingerprint density at radius 2 is 1.75 bits per heavy atom. The van der Waals surface area contributed by atoms with Crippen LogP contribution in [0.15, 0.2) is 24.3 Å². The number of rotatable bonds is 6. The molecule has 0 unspecified atom stereocenters. The lowest BCUT2D eigenvalue weighted by Gasteiger charge is -2.30. The largest absolute Gasteiger partial charge is 0.497 e. The number of hydrogen-bond donors (Lipinski definition) is 1. The lowest BCUT2D eigenvalue weighted by molar-refractivity contribution is -0.146. The lowest BCUT2D eigenvalue weighted by atomic mass is 9.97. The number of nitrogens with one attached hydrogen (secondary N) is 1. The van der Waals surface area contributed by atoms with Gasteiger partial charge in [-0.15, -0.1) is 0 Å². The van der Waals surface area contributed by atoms with E-state index in [1.807, 2.05) is 24.3 Å². The van der Waals surface area contributed by atoms with E-state index in [1.165, 1.54) is 7.11 Å². The van der Waals surface area contributed by atoms with Crippen molar-refractivity contribution in [2.24, 2.45) is 5.92 Å². The predicted octanol–water partition coefficient (Wildman–Crippen LogP) is 1.67. The summed E-state index contributed by atoms with van der Waals surface area (Å²) in [6.07, 6.45) is 1.28. The van der Waals surface area contributed by atoms with Crippen molar-refractivity contribution >= 4 is 12.0 Å². The van der Waals surface area contributed by atoms with Crippen molar-refractivity contribution in [1.82, 2.24) is 10.2 Å². The highest BCUT2D eigenvalue weighted by atomic mass is 16.5. The monoisotopic (exact) mass is 336 g/mol. The van der Waals surface area contributed by atoms with Crippen LogP contribution in [0, 0.1) is 5.92 Å². The van der Waals surface area contributed by atoms with Gasteiger partial charge in [-0.1, -0.05) is 0 Å². The first kappa shape index (κ1) is 17.9. The number of likely N-dealkylation sites (tertiary alicyclic amines) is 1. The summed E-state index contributed by atoms with van der Waals surface area (Å²) in [5.41, 5.74) is 0. The van der Waals surface area contributed by atoms with E-state index < -0.39 is 0 Å². The average Bonchev–Trinajstić information content (AvgIpc) is 2.65. The van der Waals surface area contributed by atoms with Gasteiger partial charge in [0.15, 0.2) is 0 Å². The second-order valence-electron chi connectivity index (χ2n) is 5.54. The Morgan fingerprint density at radius 3 is 2.33 bits per heavy atom. The van der Waals surface area contributed by atoms with Gasteiger partial charge in [0.25, 0.3) is 0 Å². The Morgan fingerprint density at radius 1 is 1.12 bits per heavy atom. The maximum atomic E-state index is 12.1. The highest BCUT2D eigenvalue weighted by Gasteiger charge is 2.27. The molecule has 1 aliphatic rings. The van der Waals surface area contributed by atoms with Crippen LogP contribution in [0.3, 0.4) is 0 Å². The summed E-state index contributed by atoms with van der Waals surface area (Å²) in [6.45, 7) is 1.92. The number of carbonyl (C=O) groups is 2. The smallest absolute Gasteiger partial charge is 0.317 e. The molecule has 1 N–H and O–H groups in total. The standard InChI is InChI=1S/C17H24N2O5/c1-22-14-3-5-15(6-4-14)24-12-9-18-17(21)19-10-7-13(8-11-19)16(20)23-2/h3-6,13H,7-12H2,1-2H3,(H,18,21). The Balaban J connectivity index is 1.64. The zero-order chi connectivity index (χ0) is 17.4. The molecule has 0 spiro atoms. The minimum Gasteiger partial charge on any atom is -0.497 e. The second-order valence-corrected chi connectivity index (χ2v) is 5.54. The van der Waals surface area contributed by atoms with E-state index in [0.29, 0.717) is 39.1 Å². The van der Waals surface area contributed by atoms with Crippen molar-refractivity contribution in [1.29, 1.82) is 0 Å². The van der Waals surface area contributed by atoms with Crippen molar-refractivity contribution in [2.75, 3.05) is 40.5 Å². The molecule has 0 bridgehead atoms. The summed E-state index contributed by atoms with van der Waals surface area (Å²) >= 11 is 0. The van der Waals surface area contributed by atoms with Crippen LogP contribution in [0.25, 0.3) is 0 Å². The van der Waals surface area contributed by atoms with Crippen LogP contribution >= 0.6 is 0 Å². The number of esters is 1. The number of benzene rings is 1. The number of carbonyl (C=O) groups excluding carboxylic acids is 2. The molecule has 1 aromatic carbocycles. The highest BCUT2D eigenvalue weighted by Crippen LogP contribution is 2.18. The van der Waals surface area contributed by atoms with E-state index in [2.05, 4.69) is 5.32 Å². The summed E-state index contributed by atoms with van der Waals surface area (Å²) in [4.78, 5) is 25.2. The minimum atomic E-state index is -0.192. The van der Waals surface area contributed by atoms with Crippen LogP contribution in [0.4, 0.5) is 4.79 Å². The molecule has 1 saturated heterocycles. The molecule has 7 heteroatoms. The highest BCUT2D eigenvalue weighted by molar-refractivity contribution is 5.75. The van der Waals surface area contributed by atoms with Crippen LogP contribution in [0.2, 0.25) is 0 Å². The van der Waals surface area contributed by atoms with E-state index >= 15 is 0 Å². The third-order valence-electron chi connectivity index (χ3n) is 4.02. The number of piperidine rings is 1. The first-order valence-electron chi connectivity index (χ1n) is 8.01. The second kappa shape index (κ2) is 9.00. The molecule has 24 heavy (non-hydrogen) atoms. The van der Waals surface area contributed by atoms with Crippen molar-refractivity contribution in [3.8, 4) is 11.5 Å². The van der Waals surface area contributed by atoms with Gasteiger partial charge in [0.1, 0.15) is 18.1 Å². The third-order valence-corrected chi connectivity index (χ3v) is 4.02. The van der Waals surface area contributed by atoms with Gasteiger partial charge in [-0.05, 0) is 37.1 Å². The minimum absolute atomic E-state index is 0.0996. The predicted molar refractivity (Wildman–Crippen MR) is 88.2 cm³/mol. The summed E-state index contributed by atoms with van der Waals surface area (Å²) in [6, 6.07) is 7.14. The lowest BCUT2D eigenvalue weighted by Crippen LogP contribution is -2.46. The van der Waals surface area contributed by atoms with E-state index in [1.54, 1.807) is 12.0 Å². The van der Waals surface area contributed by atoms with Crippen molar-refractivity contribution in [2.45, 2.75) is 12.8 Å². The molecular weight excluding hydrogens is 312 g/mol. The van der Waals surface area contributed by atoms with E-state index in [0.717, 1.165) is 11.5 Å². The third kappa shape index (κ3) is 5.04. The molecule has 0 aromatic heterocycles. The number of hydrogen-bond acceptors (Lipinski definition) is 5. The van der Waals surface area contributed by atoms with E-state index in [-0.39, 0.29) is 17.9 Å². The Bertz CT molecular complexity index is 538. The fraction of sp³-hybridized carbons (Fsp3) is 0.529. The first-order chi connectivity index (χ1) is 11.6. The van der Waals surface area contributed by atoms with Gasteiger partial charge in [-0.2, -0.15) is 0 Å². The molecule has 1 heterocycles. The van der Waals surface area contributed by atoms with Gasteiger partial charge in [-0.3, -0.25) is 4.79 Å². The summed E-state index contributed by atoms with van der Waals surface area (Å²) in [5.74, 6) is 1.20. The summed E-state index contributed by atoms with van der Waals surface area (Å²) in [5, 5.41) is 2.82. The molecule has 132 valence electrons. The Kier molecular flexibility index (Phi) is 6.72. The van der Waals surface area contributed by atoms with Gasteiger partial charge in [0.2, 0.25) is 0 Å². The zero-order valence-corrected chi connectivity index (χ0v) is 14.1. The molecule has 0 atom stereocenters. The quantitative estimate of drug-likeness (QED) is 0.632. The molecule has 0 aliphatic carbocycles. The fourth-order valence-corrected chi connectivity index (χ4v) is 2.60. The molecule has 2 rings (SSSR count). The van der Waals surface area contributed by atoms with Crippen LogP contribution in [0.1, 0.15) is 12.8 Å².